The molecule has 21 heteroatoms. The van der Waals surface area contributed by atoms with Crippen molar-refractivity contribution in [2.75, 3.05) is 24.7 Å². The minimum Gasteiger partial charge on any atom is -0.432 e. The van der Waals surface area contributed by atoms with E-state index in [2.05, 4.69) is 47.5 Å². The summed E-state index contributed by atoms with van der Waals surface area (Å²) in [6.45, 7) is -4.65. The van der Waals surface area contributed by atoms with Crippen molar-refractivity contribution >= 4 is 59.3 Å². The number of aromatic nitrogens is 9. The van der Waals surface area contributed by atoms with Gasteiger partial charge >= 0.3 is 13.0 Å². The standard InChI is InChI=1S/C18H20N11O8PS/c19-12-10-13(22-6-21-12)28-1-2-33-18(31)34-4-7-3-8(37-38(32,39)35-5-9(28)23-10)16(36-7)29-14-11(26-27-29)15(30)25-17(20)24-14/h6-8,16H,1-5H2,(H,32,39)(H2,19,21,22)(H3,20,24,25,30)/t7-,8+,16+,38?/m0/s1. The number of hydrogen-bond acceptors (Lipinski definition) is 16. The lowest BCUT2D eigenvalue weighted by molar-refractivity contribution is -0.0604. The summed E-state index contributed by atoms with van der Waals surface area (Å²) in [4.78, 5) is 43.4. The van der Waals surface area contributed by atoms with Crippen LogP contribution in [0, 0.1) is 0 Å². The fraction of sp³-hybridized carbons (Fsp3) is 0.444. The van der Waals surface area contributed by atoms with Gasteiger partial charge in [-0.15, -0.1) is 5.10 Å². The van der Waals surface area contributed by atoms with Crippen LogP contribution in [0.5, 0.6) is 0 Å². The maximum atomic E-state index is 13.3. The van der Waals surface area contributed by atoms with Crippen molar-refractivity contribution in [3.63, 3.8) is 0 Å². The van der Waals surface area contributed by atoms with Crippen molar-refractivity contribution in [2.45, 2.75) is 38.0 Å². The molecule has 4 aromatic heterocycles. The van der Waals surface area contributed by atoms with Gasteiger partial charge in [0.25, 0.3) is 5.56 Å². The Hall–Kier alpha value is -3.84. The largest absolute Gasteiger partial charge is 0.508 e. The van der Waals surface area contributed by atoms with E-state index in [0.29, 0.717) is 5.65 Å². The van der Waals surface area contributed by atoms with Gasteiger partial charge in [0.2, 0.25) is 5.95 Å². The second-order valence-electron chi connectivity index (χ2n) is 8.45. The Kier molecular flexibility index (Phi) is 6.34. The first-order chi connectivity index (χ1) is 18.7. The topological polar surface area (TPSA) is 252 Å². The SMILES string of the molecule is Nc1nc2c(nnn2[C@@H]2O[C@@H]3COC(=O)OCCn4c(nc5c(N)ncnc54)COP(=O)(S)O[C@@H]2C3)c(=O)[nH]1. The summed E-state index contributed by atoms with van der Waals surface area (Å²) in [6.07, 6.45) is -2.51. The number of anilines is 2. The van der Waals surface area contributed by atoms with Crippen molar-refractivity contribution in [3.8, 4) is 0 Å². The van der Waals surface area contributed by atoms with E-state index in [1.165, 1.54) is 6.33 Å². The number of carbonyl (C=O) groups excluding carboxylic acids is 1. The summed E-state index contributed by atoms with van der Waals surface area (Å²) in [5, 5.41) is 7.78. The lowest BCUT2D eigenvalue weighted by Gasteiger charge is -2.22. The number of imidazole rings is 1. The Bertz CT molecular complexity index is 1690. The lowest BCUT2D eigenvalue weighted by atomic mass is 10.2. The van der Waals surface area contributed by atoms with Gasteiger partial charge in [0.05, 0.1) is 12.6 Å². The summed E-state index contributed by atoms with van der Waals surface area (Å²) in [5.41, 5.74) is 11.5. The molecule has 2 aliphatic rings. The molecule has 6 heterocycles. The first-order valence-electron chi connectivity index (χ1n) is 11.4. The molecule has 1 saturated heterocycles. The molecule has 0 aliphatic carbocycles. The Labute approximate surface area is 221 Å². The number of carbonyl (C=O) groups is 1. The molecule has 4 aromatic rings. The predicted octanol–water partition coefficient (Wildman–Crippen LogP) is -0.0871. The van der Waals surface area contributed by atoms with Gasteiger partial charge in [0, 0.05) is 6.42 Å². The van der Waals surface area contributed by atoms with Crippen LogP contribution in [0.1, 0.15) is 18.5 Å². The van der Waals surface area contributed by atoms with Crippen molar-refractivity contribution < 1.29 is 32.6 Å². The van der Waals surface area contributed by atoms with Gasteiger partial charge in [0.15, 0.2) is 34.4 Å². The average molecular weight is 581 g/mol. The van der Waals surface area contributed by atoms with Gasteiger partial charge in [-0.1, -0.05) is 17.5 Å². The molecular weight excluding hydrogens is 561 g/mol. The van der Waals surface area contributed by atoms with Crippen LogP contribution in [0.15, 0.2) is 11.1 Å². The number of nitrogens with two attached hydrogens (primary N) is 2. The smallest absolute Gasteiger partial charge is 0.432 e. The normalized spacial score (nSPS) is 26.5. The van der Waals surface area contributed by atoms with Crippen LogP contribution < -0.4 is 17.0 Å². The van der Waals surface area contributed by atoms with E-state index >= 15 is 0 Å². The summed E-state index contributed by atoms with van der Waals surface area (Å²) < 4.78 is 43.7. The molecule has 1 fully saturated rings. The van der Waals surface area contributed by atoms with Crippen LogP contribution in [-0.2, 0) is 41.0 Å². The first kappa shape index (κ1) is 25.4. The Morgan fingerprint density at radius 1 is 1.13 bits per heavy atom. The van der Waals surface area contributed by atoms with Crippen LogP contribution in [0.4, 0.5) is 16.6 Å². The van der Waals surface area contributed by atoms with Crippen molar-refractivity contribution in [1.82, 2.24) is 44.5 Å². The summed E-state index contributed by atoms with van der Waals surface area (Å²) in [5.74, 6) is 0.186. The fourth-order valence-corrected chi connectivity index (χ4v) is 5.68. The number of aromatic amines is 1. The summed E-state index contributed by atoms with van der Waals surface area (Å²) >= 11 is 4.13. The molecule has 4 atom stereocenters. The number of ether oxygens (including phenoxy) is 3. The van der Waals surface area contributed by atoms with Gasteiger partial charge in [-0.05, 0) is 0 Å². The highest BCUT2D eigenvalue weighted by atomic mass is 32.7. The first-order valence-corrected chi connectivity index (χ1v) is 14.0. The second kappa shape index (κ2) is 9.72. The highest BCUT2D eigenvalue weighted by Gasteiger charge is 2.43. The molecule has 6 rings (SSSR count). The van der Waals surface area contributed by atoms with Crippen LogP contribution >= 0.6 is 19.0 Å². The molecule has 19 nitrogen and oxygen atoms in total. The van der Waals surface area contributed by atoms with Crippen molar-refractivity contribution in [2.24, 2.45) is 0 Å². The molecule has 2 aliphatic heterocycles. The Morgan fingerprint density at radius 2 is 1.97 bits per heavy atom. The molecule has 0 aromatic carbocycles. The molecule has 1 unspecified atom stereocenters. The summed E-state index contributed by atoms with van der Waals surface area (Å²) in [7, 11) is 0. The number of nitrogens with zero attached hydrogens (tertiary/aromatic N) is 8. The molecule has 2 bridgehead atoms. The predicted molar refractivity (Wildman–Crippen MR) is 132 cm³/mol. The summed E-state index contributed by atoms with van der Waals surface area (Å²) in [6, 6.07) is 0. The molecule has 0 spiro atoms. The van der Waals surface area contributed by atoms with Crippen LogP contribution in [-0.4, -0.2) is 76.1 Å². The van der Waals surface area contributed by atoms with E-state index in [0.717, 1.165) is 4.68 Å². The van der Waals surface area contributed by atoms with E-state index in [-0.39, 0.29) is 67.1 Å². The molecular formula is C18H20N11O8PS. The van der Waals surface area contributed by atoms with E-state index in [4.69, 9.17) is 34.7 Å². The minimum absolute atomic E-state index is 0.00689. The second-order valence-corrected chi connectivity index (χ2v) is 11.3. The monoisotopic (exact) mass is 581 g/mol. The van der Waals surface area contributed by atoms with Crippen LogP contribution in [0.2, 0.25) is 0 Å². The number of cyclic esters (lactones) is 2. The Morgan fingerprint density at radius 3 is 2.82 bits per heavy atom. The van der Waals surface area contributed by atoms with Gasteiger partial charge in [0.1, 0.15) is 38.1 Å². The van der Waals surface area contributed by atoms with Gasteiger partial charge < -0.3 is 30.2 Å². The van der Waals surface area contributed by atoms with E-state index < -0.39 is 36.9 Å². The quantitative estimate of drug-likeness (QED) is 0.130. The zero-order valence-corrected chi connectivity index (χ0v) is 21.5. The van der Waals surface area contributed by atoms with Gasteiger partial charge in [-0.25, -0.2) is 24.3 Å². The molecule has 206 valence electrons. The van der Waals surface area contributed by atoms with Crippen LogP contribution in [0.25, 0.3) is 22.3 Å². The number of nitrogens with one attached hydrogen (secondary N) is 1. The number of rotatable bonds is 1. The van der Waals surface area contributed by atoms with E-state index in [1.807, 2.05) is 0 Å². The van der Waals surface area contributed by atoms with Crippen molar-refractivity contribution in [3.05, 3.63) is 22.5 Å². The van der Waals surface area contributed by atoms with E-state index in [1.54, 1.807) is 4.57 Å². The number of H-pyrrole nitrogens is 1. The zero-order valence-electron chi connectivity index (χ0n) is 19.7. The molecule has 0 saturated carbocycles. The molecule has 39 heavy (non-hydrogen) atoms. The highest BCUT2D eigenvalue weighted by molar-refractivity contribution is 8.44. The highest BCUT2D eigenvalue weighted by Crippen LogP contribution is 2.57. The van der Waals surface area contributed by atoms with Crippen molar-refractivity contribution in [1.29, 1.82) is 0 Å². The minimum atomic E-state index is -4.08. The van der Waals surface area contributed by atoms with Gasteiger partial charge in [-0.2, -0.15) is 9.67 Å². The maximum absolute atomic E-state index is 13.3. The third-order valence-corrected chi connectivity index (χ3v) is 7.55. The number of nitrogen functional groups attached to an aromatic ring is 2. The lowest BCUT2D eigenvalue weighted by Crippen LogP contribution is -2.24. The fourth-order valence-electron chi connectivity index (χ4n) is 4.27. The molecule has 0 radical (unpaired) electrons. The average Bonchev–Trinajstić information content (AvgIpc) is 3.57. The number of thiol groups is 1. The number of hydrogen-bond donors (Lipinski definition) is 4. The van der Waals surface area contributed by atoms with E-state index in [9.17, 15) is 14.2 Å². The zero-order chi connectivity index (χ0) is 27.3. The number of fused-ring (bicyclic) bond motifs is 6. The van der Waals surface area contributed by atoms with Crippen LogP contribution in [0.3, 0.4) is 0 Å². The maximum Gasteiger partial charge on any atom is 0.508 e. The molecule has 0 amide bonds. The van der Waals surface area contributed by atoms with Gasteiger partial charge in [-0.3, -0.25) is 18.8 Å². The third kappa shape index (κ3) is 4.87. The third-order valence-electron chi connectivity index (χ3n) is 5.93. The molecule has 5 N–H and O–H groups in total. The Balaban J connectivity index is 1.34.